The van der Waals surface area contributed by atoms with Gasteiger partial charge < -0.3 is 5.73 Å². The van der Waals surface area contributed by atoms with Crippen LogP contribution in [-0.2, 0) is 11.4 Å². The lowest BCUT2D eigenvalue weighted by Gasteiger charge is -2.03. The molecule has 3 nitrogen and oxygen atoms in total. The smallest absolute Gasteiger partial charge is 0.128 e. The van der Waals surface area contributed by atoms with Gasteiger partial charge in [0.05, 0.1) is 6.61 Å². The van der Waals surface area contributed by atoms with E-state index in [1.807, 2.05) is 0 Å². The maximum atomic E-state index is 12.9. The number of hydrogen-bond acceptors (Lipinski definition) is 3. The Morgan fingerprint density at radius 1 is 1.58 bits per heavy atom. The third-order valence-corrected chi connectivity index (χ3v) is 1.44. The molecule has 0 unspecified atom stereocenters. The first kappa shape index (κ1) is 8.96. The number of nitrogens with one attached hydrogen (secondary N) is 1. The molecule has 0 heterocycles. The number of benzene rings is 1. The molecule has 12 heavy (non-hydrogen) atoms. The highest BCUT2D eigenvalue weighted by Crippen LogP contribution is 2.12. The highest BCUT2D eigenvalue weighted by molar-refractivity contribution is 5.41. The van der Waals surface area contributed by atoms with Crippen LogP contribution in [0.1, 0.15) is 5.56 Å². The Balaban J connectivity index is 2.75. The van der Waals surface area contributed by atoms with Gasteiger partial charge in [-0.3, -0.25) is 4.84 Å². The van der Waals surface area contributed by atoms with Gasteiger partial charge in [-0.25, -0.2) is 9.87 Å². The van der Waals surface area contributed by atoms with Crippen LogP contribution in [0.4, 0.5) is 10.1 Å². The summed E-state index contributed by atoms with van der Waals surface area (Å²) < 4.78 is 12.9. The van der Waals surface area contributed by atoms with Crippen molar-refractivity contribution in [3.63, 3.8) is 0 Å². The zero-order valence-corrected chi connectivity index (χ0v) is 6.80. The highest BCUT2D eigenvalue weighted by atomic mass is 19.1. The number of rotatable bonds is 3. The minimum atomic E-state index is -0.306. The standard InChI is InChI=1S/C8H11FN2O/c1-11-12-5-6-4-7(10)2-3-8(6)9/h2-4,11H,5,10H2,1H3. The molecule has 0 aromatic heterocycles. The van der Waals surface area contributed by atoms with E-state index in [0.717, 1.165) is 0 Å². The average molecular weight is 170 g/mol. The minimum absolute atomic E-state index is 0.174. The van der Waals surface area contributed by atoms with Gasteiger partial charge in [0.1, 0.15) is 5.82 Å². The third-order valence-electron chi connectivity index (χ3n) is 1.44. The molecule has 0 fully saturated rings. The third kappa shape index (κ3) is 2.18. The van der Waals surface area contributed by atoms with E-state index in [1.165, 1.54) is 12.1 Å². The van der Waals surface area contributed by atoms with Crippen molar-refractivity contribution < 1.29 is 9.23 Å². The molecule has 0 amide bonds. The van der Waals surface area contributed by atoms with E-state index in [1.54, 1.807) is 13.1 Å². The van der Waals surface area contributed by atoms with Crippen molar-refractivity contribution in [2.24, 2.45) is 0 Å². The fourth-order valence-corrected chi connectivity index (χ4v) is 0.855. The lowest BCUT2D eigenvalue weighted by molar-refractivity contribution is 0.0428. The van der Waals surface area contributed by atoms with Gasteiger partial charge in [-0.15, -0.1) is 0 Å². The van der Waals surface area contributed by atoms with E-state index in [2.05, 4.69) is 5.48 Å². The maximum absolute atomic E-state index is 12.9. The summed E-state index contributed by atoms with van der Waals surface area (Å²) in [5, 5.41) is 0. The van der Waals surface area contributed by atoms with Crippen molar-refractivity contribution in [2.45, 2.75) is 6.61 Å². The van der Waals surface area contributed by atoms with E-state index < -0.39 is 0 Å². The van der Waals surface area contributed by atoms with Crippen LogP contribution in [0.2, 0.25) is 0 Å². The molecule has 1 aromatic rings. The molecule has 0 saturated carbocycles. The number of hydroxylamine groups is 1. The molecule has 0 atom stereocenters. The Morgan fingerprint density at radius 2 is 2.33 bits per heavy atom. The predicted molar refractivity (Wildman–Crippen MR) is 44.7 cm³/mol. The van der Waals surface area contributed by atoms with Crippen LogP contribution in [0.3, 0.4) is 0 Å². The van der Waals surface area contributed by atoms with E-state index in [9.17, 15) is 4.39 Å². The maximum Gasteiger partial charge on any atom is 0.128 e. The van der Waals surface area contributed by atoms with E-state index >= 15 is 0 Å². The molecule has 1 aromatic carbocycles. The summed E-state index contributed by atoms with van der Waals surface area (Å²) in [7, 11) is 1.62. The van der Waals surface area contributed by atoms with Gasteiger partial charge >= 0.3 is 0 Å². The molecule has 0 bridgehead atoms. The van der Waals surface area contributed by atoms with Crippen molar-refractivity contribution >= 4 is 5.69 Å². The molecule has 0 spiro atoms. The normalized spacial score (nSPS) is 10.2. The van der Waals surface area contributed by atoms with Gasteiger partial charge in [0.2, 0.25) is 0 Å². The Bertz CT molecular complexity index is 265. The van der Waals surface area contributed by atoms with Crippen LogP contribution in [0, 0.1) is 5.82 Å². The largest absolute Gasteiger partial charge is 0.399 e. The molecular weight excluding hydrogens is 159 g/mol. The summed E-state index contributed by atoms with van der Waals surface area (Å²) in [6.07, 6.45) is 0. The minimum Gasteiger partial charge on any atom is -0.399 e. The fourth-order valence-electron chi connectivity index (χ4n) is 0.855. The Kier molecular flexibility index (Phi) is 3.01. The average Bonchev–Trinajstić information content (AvgIpc) is 2.07. The molecule has 4 heteroatoms. The first-order valence-electron chi connectivity index (χ1n) is 3.56. The Hall–Kier alpha value is -1.13. The van der Waals surface area contributed by atoms with Crippen LogP contribution < -0.4 is 11.2 Å². The number of nitrogen functional groups attached to an aromatic ring is 1. The highest BCUT2D eigenvalue weighted by Gasteiger charge is 2.01. The predicted octanol–water partition coefficient (Wildman–Crippen LogP) is 1.06. The lowest BCUT2D eigenvalue weighted by atomic mass is 10.2. The van der Waals surface area contributed by atoms with Crippen LogP contribution in [0.5, 0.6) is 0 Å². The fraction of sp³-hybridized carbons (Fsp3) is 0.250. The van der Waals surface area contributed by atoms with Gasteiger partial charge in [-0.1, -0.05) is 0 Å². The number of halogens is 1. The number of nitrogens with two attached hydrogens (primary N) is 1. The van der Waals surface area contributed by atoms with E-state index in [-0.39, 0.29) is 12.4 Å². The van der Waals surface area contributed by atoms with Gasteiger partial charge in [0.15, 0.2) is 0 Å². The monoisotopic (exact) mass is 170 g/mol. The molecule has 0 saturated heterocycles. The summed E-state index contributed by atoms with van der Waals surface area (Å²) in [6.45, 7) is 0.174. The summed E-state index contributed by atoms with van der Waals surface area (Å²) >= 11 is 0. The second-order valence-corrected chi connectivity index (χ2v) is 2.34. The lowest BCUT2D eigenvalue weighted by Crippen LogP contribution is -2.08. The van der Waals surface area contributed by atoms with E-state index in [0.29, 0.717) is 11.3 Å². The molecule has 0 radical (unpaired) electrons. The van der Waals surface area contributed by atoms with Crippen LogP contribution >= 0.6 is 0 Å². The first-order valence-corrected chi connectivity index (χ1v) is 3.56. The second kappa shape index (κ2) is 4.04. The van der Waals surface area contributed by atoms with Gasteiger partial charge in [-0.05, 0) is 18.2 Å². The second-order valence-electron chi connectivity index (χ2n) is 2.34. The van der Waals surface area contributed by atoms with Crippen LogP contribution in [0.25, 0.3) is 0 Å². The van der Waals surface area contributed by atoms with Crippen molar-refractivity contribution in [1.82, 2.24) is 5.48 Å². The molecule has 1 rings (SSSR count). The molecule has 0 aliphatic heterocycles. The van der Waals surface area contributed by atoms with Gasteiger partial charge in [-0.2, -0.15) is 0 Å². The Labute approximate surface area is 70.3 Å². The van der Waals surface area contributed by atoms with Crippen LogP contribution in [0.15, 0.2) is 18.2 Å². The first-order chi connectivity index (χ1) is 5.74. The summed E-state index contributed by atoms with van der Waals surface area (Å²) in [6, 6.07) is 4.38. The van der Waals surface area contributed by atoms with Crippen molar-refractivity contribution in [3.05, 3.63) is 29.6 Å². The summed E-state index contributed by atoms with van der Waals surface area (Å²) in [5.41, 5.74) is 8.89. The van der Waals surface area contributed by atoms with Gasteiger partial charge in [0.25, 0.3) is 0 Å². The van der Waals surface area contributed by atoms with Crippen molar-refractivity contribution in [1.29, 1.82) is 0 Å². The summed E-state index contributed by atoms with van der Waals surface area (Å²) in [5.74, 6) is -0.306. The molecular formula is C8H11FN2O. The zero-order chi connectivity index (χ0) is 8.97. The zero-order valence-electron chi connectivity index (χ0n) is 6.80. The Morgan fingerprint density at radius 3 is 3.00 bits per heavy atom. The van der Waals surface area contributed by atoms with E-state index in [4.69, 9.17) is 10.6 Å². The summed E-state index contributed by atoms with van der Waals surface area (Å²) in [4.78, 5) is 4.81. The number of anilines is 1. The quantitative estimate of drug-likeness (QED) is 0.526. The van der Waals surface area contributed by atoms with Crippen LogP contribution in [-0.4, -0.2) is 7.05 Å². The SMILES string of the molecule is CNOCc1cc(N)ccc1F. The molecule has 0 aliphatic rings. The topological polar surface area (TPSA) is 47.3 Å². The van der Waals surface area contributed by atoms with Gasteiger partial charge in [0, 0.05) is 18.3 Å². The molecule has 0 aliphatic carbocycles. The van der Waals surface area contributed by atoms with Crippen molar-refractivity contribution in [3.8, 4) is 0 Å². The number of hydrogen-bond donors (Lipinski definition) is 2. The molecule has 3 N–H and O–H groups in total. The molecule has 66 valence electrons. The van der Waals surface area contributed by atoms with Crippen molar-refractivity contribution in [2.75, 3.05) is 12.8 Å².